The van der Waals surface area contributed by atoms with Crippen molar-refractivity contribution in [1.29, 1.82) is 0 Å². The van der Waals surface area contributed by atoms with E-state index in [4.69, 9.17) is 19.7 Å². The maximum absolute atomic E-state index is 14.5. The first-order valence-corrected chi connectivity index (χ1v) is 12.6. The molecule has 2 aliphatic rings. The van der Waals surface area contributed by atoms with Crippen molar-refractivity contribution >= 4 is 0 Å². The third-order valence-electron chi connectivity index (χ3n) is 7.47. The van der Waals surface area contributed by atoms with E-state index < -0.39 is 5.82 Å². The first-order valence-electron chi connectivity index (χ1n) is 12.6. The van der Waals surface area contributed by atoms with Crippen LogP contribution < -0.4 is 4.74 Å². The standard InChI is InChI=1S/C26H35FN6O2/c1-17(2)31-9-5-19(6-10-31)16-32-18(3)22(15-29-32)25-21-7-11-35-12-8-24(21)33(30-25)20-13-23(27)26(34-4)28-14-20/h13-15,17,19H,5-12,16H2,1-4H3. The summed E-state index contributed by atoms with van der Waals surface area (Å²) in [5.74, 6) is 0.105. The smallest absolute Gasteiger partial charge is 0.250 e. The lowest BCUT2D eigenvalue weighted by Crippen LogP contribution is -2.39. The number of ether oxygens (including phenoxy) is 2. The van der Waals surface area contributed by atoms with Crippen LogP contribution in [0.5, 0.6) is 5.88 Å². The van der Waals surface area contributed by atoms with Gasteiger partial charge in [-0.05, 0) is 59.0 Å². The number of rotatable bonds is 6. The molecule has 9 heteroatoms. The van der Waals surface area contributed by atoms with Crippen LogP contribution in [-0.2, 0) is 24.1 Å². The summed E-state index contributed by atoms with van der Waals surface area (Å²) in [5.41, 5.74) is 5.81. The zero-order valence-corrected chi connectivity index (χ0v) is 21.1. The zero-order chi connectivity index (χ0) is 24.5. The van der Waals surface area contributed by atoms with E-state index in [9.17, 15) is 4.39 Å². The molecular weight excluding hydrogens is 447 g/mol. The second-order valence-corrected chi connectivity index (χ2v) is 9.88. The number of piperidine rings is 1. The molecule has 0 saturated carbocycles. The van der Waals surface area contributed by atoms with Crippen LogP contribution in [0.2, 0.25) is 0 Å². The fourth-order valence-electron chi connectivity index (χ4n) is 5.32. The second kappa shape index (κ2) is 10.1. The van der Waals surface area contributed by atoms with Crippen molar-refractivity contribution in [3.05, 3.63) is 41.2 Å². The Morgan fingerprint density at radius 3 is 2.66 bits per heavy atom. The highest BCUT2D eigenvalue weighted by Crippen LogP contribution is 2.33. The van der Waals surface area contributed by atoms with Crippen LogP contribution in [0.1, 0.15) is 43.6 Å². The highest BCUT2D eigenvalue weighted by atomic mass is 19.1. The molecule has 0 radical (unpaired) electrons. The van der Waals surface area contributed by atoms with Gasteiger partial charge < -0.3 is 14.4 Å². The van der Waals surface area contributed by atoms with E-state index >= 15 is 0 Å². The number of aromatic nitrogens is 5. The molecule has 35 heavy (non-hydrogen) atoms. The first kappa shape index (κ1) is 23.9. The maximum atomic E-state index is 14.5. The number of nitrogens with zero attached hydrogens (tertiary/aromatic N) is 6. The molecule has 0 bridgehead atoms. The minimum atomic E-state index is -0.506. The number of likely N-dealkylation sites (tertiary alicyclic amines) is 1. The lowest BCUT2D eigenvalue weighted by Gasteiger charge is -2.34. The van der Waals surface area contributed by atoms with Gasteiger partial charge in [-0.15, -0.1) is 0 Å². The lowest BCUT2D eigenvalue weighted by atomic mass is 9.96. The summed E-state index contributed by atoms with van der Waals surface area (Å²) in [4.78, 5) is 6.68. The third-order valence-corrected chi connectivity index (χ3v) is 7.47. The van der Waals surface area contributed by atoms with Gasteiger partial charge in [-0.1, -0.05) is 0 Å². The molecule has 0 atom stereocenters. The average Bonchev–Trinajstić information content (AvgIpc) is 3.28. The van der Waals surface area contributed by atoms with E-state index in [-0.39, 0.29) is 5.88 Å². The minimum absolute atomic E-state index is 0.0214. The van der Waals surface area contributed by atoms with Crippen LogP contribution in [-0.4, -0.2) is 68.9 Å². The normalized spacial score (nSPS) is 17.5. The molecule has 1 saturated heterocycles. The largest absolute Gasteiger partial charge is 0.479 e. The van der Waals surface area contributed by atoms with Gasteiger partial charge >= 0.3 is 0 Å². The SMILES string of the molecule is COc1ncc(-n2nc(-c3cnn(CC4CCN(C(C)C)CC4)c3C)c3c2CCOCC3)cc1F. The van der Waals surface area contributed by atoms with Crippen LogP contribution in [0.4, 0.5) is 4.39 Å². The van der Waals surface area contributed by atoms with Crippen molar-refractivity contribution in [2.24, 2.45) is 5.92 Å². The molecule has 8 nitrogen and oxygen atoms in total. The number of fused-ring (bicyclic) bond motifs is 1. The Morgan fingerprint density at radius 2 is 1.94 bits per heavy atom. The van der Waals surface area contributed by atoms with Gasteiger partial charge in [-0.3, -0.25) is 4.68 Å². The van der Waals surface area contributed by atoms with Crippen molar-refractivity contribution in [2.45, 2.75) is 59.0 Å². The highest BCUT2D eigenvalue weighted by molar-refractivity contribution is 5.67. The number of pyridine rings is 1. The van der Waals surface area contributed by atoms with Crippen molar-refractivity contribution in [3.8, 4) is 22.8 Å². The Bertz CT molecular complexity index is 1180. The minimum Gasteiger partial charge on any atom is -0.479 e. The zero-order valence-electron chi connectivity index (χ0n) is 21.1. The van der Waals surface area contributed by atoms with Crippen LogP contribution in [0.15, 0.2) is 18.5 Å². The summed E-state index contributed by atoms with van der Waals surface area (Å²) in [6.07, 6.45) is 7.40. The van der Waals surface area contributed by atoms with E-state index in [0.29, 0.717) is 37.3 Å². The van der Waals surface area contributed by atoms with Gasteiger partial charge in [0.15, 0.2) is 5.82 Å². The molecule has 3 aromatic rings. The Labute approximate surface area is 206 Å². The summed E-state index contributed by atoms with van der Waals surface area (Å²) in [6, 6.07) is 2.03. The Balaban J connectivity index is 1.45. The molecule has 188 valence electrons. The van der Waals surface area contributed by atoms with Crippen molar-refractivity contribution in [3.63, 3.8) is 0 Å². The molecule has 2 aliphatic heterocycles. The van der Waals surface area contributed by atoms with Gasteiger partial charge in [0.25, 0.3) is 0 Å². The second-order valence-electron chi connectivity index (χ2n) is 9.88. The maximum Gasteiger partial charge on any atom is 0.250 e. The molecule has 5 heterocycles. The van der Waals surface area contributed by atoms with E-state index in [1.165, 1.54) is 26.0 Å². The summed E-state index contributed by atoms with van der Waals surface area (Å²) in [7, 11) is 1.41. The molecule has 1 fully saturated rings. The Morgan fingerprint density at radius 1 is 1.17 bits per heavy atom. The van der Waals surface area contributed by atoms with E-state index in [1.807, 2.05) is 10.9 Å². The molecule has 0 unspecified atom stereocenters. The van der Waals surface area contributed by atoms with Crippen molar-refractivity contribution in [1.82, 2.24) is 29.4 Å². The molecular formula is C26H35FN6O2. The summed E-state index contributed by atoms with van der Waals surface area (Å²) in [5, 5.41) is 9.74. The molecule has 5 rings (SSSR count). The Hall–Kier alpha value is -2.78. The monoisotopic (exact) mass is 482 g/mol. The van der Waals surface area contributed by atoms with Crippen molar-refractivity contribution in [2.75, 3.05) is 33.4 Å². The molecule has 0 aromatic carbocycles. The third kappa shape index (κ3) is 4.71. The van der Waals surface area contributed by atoms with E-state index in [2.05, 4.69) is 35.3 Å². The van der Waals surface area contributed by atoms with Gasteiger partial charge in [0.2, 0.25) is 5.88 Å². The van der Waals surface area contributed by atoms with Gasteiger partial charge in [0.1, 0.15) is 0 Å². The van der Waals surface area contributed by atoms with Crippen molar-refractivity contribution < 1.29 is 13.9 Å². The molecule has 0 aliphatic carbocycles. The fraction of sp³-hybridized carbons (Fsp3) is 0.577. The van der Waals surface area contributed by atoms with Gasteiger partial charge in [0.05, 0.1) is 49.8 Å². The predicted molar refractivity (Wildman–Crippen MR) is 131 cm³/mol. The predicted octanol–water partition coefficient (Wildman–Crippen LogP) is 3.82. The van der Waals surface area contributed by atoms with E-state index in [1.54, 1.807) is 6.20 Å². The highest BCUT2D eigenvalue weighted by Gasteiger charge is 2.26. The topological polar surface area (TPSA) is 70.2 Å². The number of hydrogen-bond acceptors (Lipinski definition) is 6. The van der Waals surface area contributed by atoms with Crippen LogP contribution in [0.25, 0.3) is 16.9 Å². The van der Waals surface area contributed by atoms with Crippen LogP contribution in [0, 0.1) is 18.7 Å². The number of halogens is 1. The van der Waals surface area contributed by atoms with Gasteiger partial charge in [0, 0.05) is 41.9 Å². The average molecular weight is 483 g/mol. The number of hydrogen-bond donors (Lipinski definition) is 0. The summed E-state index contributed by atoms with van der Waals surface area (Å²) < 4.78 is 29.2. The van der Waals surface area contributed by atoms with Gasteiger partial charge in [-0.2, -0.15) is 10.2 Å². The first-order chi connectivity index (χ1) is 17.0. The Kier molecular flexibility index (Phi) is 6.88. The summed E-state index contributed by atoms with van der Waals surface area (Å²) >= 11 is 0. The number of methoxy groups -OCH3 is 1. The van der Waals surface area contributed by atoms with Gasteiger partial charge in [-0.25, -0.2) is 14.1 Å². The fourth-order valence-corrected chi connectivity index (χ4v) is 5.32. The van der Waals surface area contributed by atoms with Crippen LogP contribution in [0.3, 0.4) is 0 Å². The summed E-state index contributed by atoms with van der Waals surface area (Å²) in [6.45, 7) is 11.2. The quantitative estimate of drug-likeness (QED) is 0.532. The van der Waals surface area contributed by atoms with Crippen LogP contribution >= 0.6 is 0 Å². The molecule has 0 amide bonds. The molecule has 3 aromatic heterocycles. The van der Waals surface area contributed by atoms with E-state index in [0.717, 1.165) is 54.3 Å². The molecule has 0 N–H and O–H groups in total. The molecule has 0 spiro atoms. The lowest BCUT2D eigenvalue weighted by molar-refractivity contribution is 0.139.